The van der Waals surface area contributed by atoms with E-state index in [1.165, 1.54) is 34.3 Å². The highest BCUT2D eigenvalue weighted by atomic mass is 32.1. The third kappa shape index (κ3) is 4.39. The van der Waals surface area contributed by atoms with Crippen molar-refractivity contribution in [3.05, 3.63) is 62.8 Å². The van der Waals surface area contributed by atoms with Gasteiger partial charge in [-0.25, -0.2) is 9.18 Å². The summed E-state index contributed by atoms with van der Waals surface area (Å²) in [5.74, 6) is -1.61. The van der Waals surface area contributed by atoms with E-state index >= 15 is 0 Å². The van der Waals surface area contributed by atoms with Gasteiger partial charge in [0, 0.05) is 45.6 Å². The highest BCUT2D eigenvalue weighted by Crippen LogP contribution is 2.33. The average molecular weight is 529 g/mol. The highest BCUT2D eigenvalue weighted by Gasteiger charge is 2.46. The molecule has 5 rings (SSSR count). The van der Waals surface area contributed by atoms with Gasteiger partial charge in [-0.1, -0.05) is 23.5 Å². The number of hydrogen-bond acceptors (Lipinski definition) is 9. The van der Waals surface area contributed by atoms with Crippen LogP contribution < -0.4 is 15.8 Å². The van der Waals surface area contributed by atoms with Crippen LogP contribution in [0.4, 0.5) is 9.18 Å². The van der Waals surface area contributed by atoms with Crippen LogP contribution in [-0.2, 0) is 11.2 Å². The highest BCUT2D eigenvalue weighted by molar-refractivity contribution is 7.14. The number of halogens is 1. The topological polar surface area (TPSA) is 130 Å². The lowest BCUT2D eigenvalue weighted by Crippen LogP contribution is -2.71. The van der Waals surface area contributed by atoms with Gasteiger partial charge < -0.3 is 20.1 Å². The van der Waals surface area contributed by atoms with Crippen molar-refractivity contribution < 1.29 is 23.8 Å². The van der Waals surface area contributed by atoms with Gasteiger partial charge in [-0.3, -0.25) is 19.3 Å². The molecule has 194 valence electrons. The number of fused-ring (bicyclic) bond motifs is 1. The summed E-state index contributed by atoms with van der Waals surface area (Å²) in [6.45, 7) is 2.74. The minimum absolute atomic E-state index is 0.102. The molecule has 1 saturated heterocycles. The van der Waals surface area contributed by atoms with Gasteiger partial charge in [0.15, 0.2) is 16.5 Å². The number of rotatable bonds is 4. The summed E-state index contributed by atoms with van der Waals surface area (Å²) < 4.78 is 19.8. The van der Waals surface area contributed by atoms with E-state index in [0.717, 1.165) is 5.56 Å². The first-order chi connectivity index (χ1) is 17.7. The number of aromatic nitrogens is 3. The zero-order valence-corrected chi connectivity index (χ0v) is 21.0. The summed E-state index contributed by atoms with van der Waals surface area (Å²) in [6, 6.07) is 6.02. The maximum absolute atomic E-state index is 13.2. The summed E-state index contributed by atoms with van der Waals surface area (Å²) in [6.07, 6.45) is 2.31. The third-order valence-corrected chi connectivity index (χ3v) is 7.71. The fourth-order valence-electron chi connectivity index (χ4n) is 4.68. The van der Waals surface area contributed by atoms with Gasteiger partial charge in [-0.2, -0.15) is 0 Å². The van der Waals surface area contributed by atoms with Crippen molar-refractivity contribution in [2.24, 2.45) is 0 Å². The molecule has 2 aliphatic rings. The van der Waals surface area contributed by atoms with Crippen molar-refractivity contribution in [1.29, 1.82) is 0 Å². The Morgan fingerprint density at radius 3 is 2.59 bits per heavy atom. The lowest BCUT2D eigenvalue weighted by atomic mass is 9.94. The van der Waals surface area contributed by atoms with Crippen molar-refractivity contribution in [2.75, 3.05) is 31.8 Å². The van der Waals surface area contributed by atoms with E-state index in [4.69, 9.17) is 4.74 Å². The Kier molecular flexibility index (Phi) is 6.31. The van der Waals surface area contributed by atoms with Crippen molar-refractivity contribution >= 4 is 23.3 Å². The number of piperidine rings is 1. The Morgan fingerprint density at radius 1 is 1.22 bits per heavy atom. The predicted octanol–water partition coefficient (Wildman–Crippen LogP) is 2.06. The Bertz CT molecular complexity index is 1410. The van der Waals surface area contributed by atoms with Gasteiger partial charge in [-0.15, -0.1) is 10.2 Å². The molecule has 0 aliphatic carbocycles. The molecular weight excluding hydrogens is 503 g/mol. The molecule has 0 saturated carbocycles. The van der Waals surface area contributed by atoms with Crippen LogP contribution in [0, 0.1) is 5.82 Å². The second-order valence-electron chi connectivity index (χ2n) is 8.91. The van der Waals surface area contributed by atoms with Crippen LogP contribution >= 0.6 is 11.3 Å². The van der Waals surface area contributed by atoms with Crippen molar-refractivity contribution in [3.63, 3.8) is 0 Å². The molecule has 37 heavy (non-hydrogen) atoms. The molecule has 1 aromatic carbocycles. The molecule has 3 aromatic rings. The number of pyridine rings is 1. The number of aromatic hydroxyl groups is 1. The van der Waals surface area contributed by atoms with E-state index < -0.39 is 28.8 Å². The summed E-state index contributed by atoms with van der Waals surface area (Å²) in [7, 11) is 1.75. The molecule has 0 atom stereocenters. The third-order valence-electron chi connectivity index (χ3n) is 6.75. The standard InChI is InChI=1S/C24H25FN6O5S/c1-3-36-23(35)30-10-8-24(9-11-30)26-21(34)18-20(33)19(32)16(13-31(18)29(24)2)22-28-27-17(37-22)12-14-4-6-15(25)7-5-14/h4-7,13,33H,3,8-12H2,1-2H3,(H,26,34). The smallest absolute Gasteiger partial charge is 0.409 e. The van der Waals surface area contributed by atoms with E-state index in [0.29, 0.717) is 42.4 Å². The zero-order valence-electron chi connectivity index (χ0n) is 20.2. The fourth-order valence-corrected chi connectivity index (χ4v) is 5.56. The molecule has 2 amide bonds. The van der Waals surface area contributed by atoms with Crippen LogP contribution in [-0.4, -0.2) is 69.3 Å². The molecule has 2 aromatic heterocycles. The second-order valence-corrected chi connectivity index (χ2v) is 9.98. The molecule has 1 spiro atoms. The molecule has 1 fully saturated rings. The molecule has 4 heterocycles. The number of likely N-dealkylation sites (tertiary alicyclic amines) is 1. The van der Waals surface area contributed by atoms with E-state index in [1.54, 1.807) is 36.0 Å². The van der Waals surface area contributed by atoms with Gasteiger partial charge in [0.1, 0.15) is 16.5 Å². The van der Waals surface area contributed by atoms with Gasteiger partial charge >= 0.3 is 6.09 Å². The molecule has 13 heteroatoms. The summed E-state index contributed by atoms with van der Waals surface area (Å²) in [5, 5.41) is 24.6. The number of carbonyl (C=O) groups is 2. The van der Waals surface area contributed by atoms with E-state index in [1.807, 2.05) is 0 Å². The molecule has 0 bridgehead atoms. The number of carbonyl (C=O) groups excluding carboxylic acids is 2. The quantitative estimate of drug-likeness (QED) is 0.527. The van der Waals surface area contributed by atoms with Crippen LogP contribution in [0.2, 0.25) is 0 Å². The Labute approximate surface area is 215 Å². The molecule has 0 unspecified atom stereocenters. The van der Waals surface area contributed by atoms with Gasteiger partial charge in [-0.05, 0) is 24.6 Å². The first-order valence-corrected chi connectivity index (χ1v) is 12.6. The second kappa shape index (κ2) is 9.47. The number of nitrogens with one attached hydrogen (secondary N) is 1. The summed E-state index contributed by atoms with van der Waals surface area (Å²) in [5.41, 5.74) is -0.801. The van der Waals surface area contributed by atoms with Crippen LogP contribution in [0.15, 0.2) is 35.3 Å². The first-order valence-electron chi connectivity index (χ1n) is 11.8. The van der Waals surface area contributed by atoms with Crippen LogP contribution in [0.25, 0.3) is 10.6 Å². The van der Waals surface area contributed by atoms with E-state index in [9.17, 15) is 23.9 Å². The minimum Gasteiger partial charge on any atom is -0.502 e. The van der Waals surface area contributed by atoms with Crippen LogP contribution in [0.1, 0.15) is 40.8 Å². The molecule has 2 aliphatic heterocycles. The van der Waals surface area contributed by atoms with Crippen molar-refractivity contribution in [1.82, 2.24) is 25.1 Å². The lowest BCUT2D eigenvalue weighted by Gasteiger charge is -2.51. The number of hydrogen-bond donors (Lipinski definition) is 2. The number of nitrogens with zero attached hydrogens (tertiary/aromatic N) is 5. The monoisotopic (exact) mass is 528 g/mol. The Morgan fingerprint density at radius 2 is 1.92 bits per heavy atom. The largest absolute Gasteiger partial charge is 0.502 e. The Balaban J connectivity index is 1.45. The van der Waals surface area contributed by atoms with Crippen LogP contribution in [0.3, 0.4) is 0 Å². The van der Waals surface area contributed by atoms with E-state index in [-0.39, 0.29) is 23.7 Å². The Hall–Kier alpha value is -4.00. The van der Waals surface area contributed by atoms with Gasteiger partial charge in [0.25, 0.3) is 5.91 Å². The number of amides is 2. The molecule has 2 N–H and O–H groups in total. The normalized spacial score (nSPS) is 16.5. The number of benzene rings is 1. The average Bonchev–Trinajstić information content (AvgIpc) is 3.34. The minimum atomic E-state index is -0.833. The lowest BCUT2D eigenvalue weighted by molar-refractivity contribution is 0.0599. The fraction of sp³-hybridized carbons (Fsp3) is 0.375. The summed E-state index contributed by atoms with van der Waals surface area (Å²) >= 11 is 1.18. The maximum atomic E-state index is 13.2. The molecule has 11 nitrogen and oxygen atoms in total. The van der Waals surface area contributed by atoms with Gasteiger partial charge in [0.2, 0.25) is 5.43 Å². The van der Waals surface area contributed by atoms with Gasteiger partial charge in [0.05, 0.1) is 12.2 Å². The molecule has 0 radical (unpaired) electrons. The SMILES string of the molecule is CCOC(=O)N1CCC2(CC1)NC(=O)c1c(O)c(=O)c(-c3nnc(Cc4ccc(F)cc4)s3)cn1N2C. The van der Waals surface area contributed by atoms with Crippen molar-refractivity contribution in [3.8, 4) is 16.3 Å². The van der Waals surface area contributed by atoms with Crippen molar-refractivity contribution in [2.45, 2.75) is 31.8 Å². The van der Waals surface area contributed by atoms with Crippen LogP contribution in [0.5, 0.6) is 5.75 Å². The number of ether oxygens (including phenoxy) is 1. The molecular formula is C24H25FN6O5S. The predicted molar refractivity (Wildman–Crippen MR) is 133 cm³/mol. The summed E-state index contributed by atoms with van der Waals surface area (Å²) in [4.78, 5) is 39.8. The zero-order chi connectivity index (χ0) is 26.3. The first kappa shape index (κ1) is 24.7. The maximum Gasteiger partial charge on any atom is 0.409 e. The van der Waals surface area contributed by atoms with E-state index in [2.05, 4.69) is 15.5 Å².